The summed E-state index contributed by atoms with van der Waals surface area (Å²) in [6, 6.07) is 9.82. The summed E-state index contributed by atoms with van der Waals surface area (Å²) in [5.41, 5.74) is 3.36. The summed E-state index contributed by atoms with van der Waals surface area (Å²) in [7, 11) is 0. The summed E-state index contributed by atoms with van der Waals surface area (Å²) in [5, 5.41) is 10.3. The highest BCUT2D eigenvalue weighted by molar-refractivity contribution is 7.08. The minimum Gasteiger partial charge on any atom is -0.321 e. The van der Waals surface area contributed by atoms with E-state index in [0.717, 1.165) is 27.8 Å². The van der Waals surface area contributed by atoms with Crippen LogP contribution in [-0.2, 0) is 0 Å². The van der Waals surface area contributed by atoms with Crippen molar-refractivity contribution in [3.05, 3.63) is 57.1 Å². The molecular weight excluding hydrogens is 270 g/mol. The molecule has 4 aromatic rings. The number of nitrogens with zero attached hydrogens (tertiary/aromatic N) is 2. The van der Waals surface area contributed by atoms with Crippen LogP contribution in [0.15, 0.2) is 45.9 Å². The molecule has 4 nitrogen and oxygen atoms in total. The van der Waals surface area contributed by atoms with E-state index >= 15 is 0 Å². The molecule has 0 aliphatic rings. The molecule has 0 bridgehead atoms. The first-order valence-electron chi connectivity index (χ1n) is 6.28. The smallest absolute Gasteiger partial charge is 0.259 e. The summed E-state index contributed by atoms with van der Waals surface area (Å²) in [6.07, 6.45) is 0. The van der Waals surface area contributed by atoms with Crippen molar-refractivity contribution in [2.24, 2.45) is 0 Å². The lowest BCUT2D eigenvalue weighted by Crippen LogP contribution is -2.07. The Labute approximate surface area is 118 Å². The number of benzene rings is 1. The molecule has 3 aromatic heterocycles. The Balaban J connectivity index is 2.30. The van der Waals surface area contributed by atoms with Crippen LogP contribution >= 0.6 is 11.3 Å². The Morgan fingerprint density at radius 3 is 2.90 bits per heavy atom. The SMILES string of the molecule is Cc1nn(-c2ccsc2)c2c1c(=O)[nH]c1ccccc12. The van der Waals surface area contributed by atoms with Crippen molar-refractivity contribution in [1.29, 1.82) is 0 Å². The predicted octanol–water partition coefficient (Wildman–Crippen LogP) is 3.24. The van der Waals surface area contributed by atoms with Crippen LogP contribution in [0.3, 0.4) is 0 Å². The minimum absolute atomic E-state index is 0.0855. The van der Waals surface area contributed by atoms with E-state index in [1.54, 1.807) is 11.3 Å². The van der Waals surface area contributed by atoms with Crippen molar-refractivity contribution in [3.8, 4) is 5.69 Å². The number of aryl methyl sites for hydroxylation is 1. The molecule has 1 N–H and O–H groups in total. The molecule has 0 saturated heterocycles. The first kappa shape index (κ1) is 11.4. The quantitative estimate of drug-likeness (QED) is 0.582. The topological polar surface area (TPSA) is 50.7 Å². The average Bonchev–Trinajstić information content (AvgIpc) is 3.06. The van der Waals surface area contributed by atoms with E-state index in [9.17, 15) is 4.79 Å². The Morgan fingerprint density at radius 2 is 2.10 bits per heavy atom. The van der Waals surface area contributed by atoms with Gasteiger partial charge in [0.1, 0.15) is 0 Å². The van der Waals surface area contributed by atoms with Gasteiger partial charge in [-0.25, -0.2) is 4.68 Å². The van der Waals surface area contributed by atoms with Gasteiger partial charge < -0.3 is 4.98 Å². The van der Waals surface area contributed by atoms with Crippen molar-refractivity contribution < 1.29 is 0 Å². The molecular formula is C15H11N3OS. The van der Waals surface area contributed by atoms with Gasteiger partial charge in [-0.1, -0.05) is 18.2 Å². The summed E-state index contributed by atoms with van der Waals surface area (Å²) in [4.78, 5) is 15.2. The number of fused-ring (bicyclic) bond motifs is 3. The second kappa shape index (κ2) is 4.05. The van der Waals surface area contributed by atoms with Gasteiger partial charge in [0.2, 0.25) is 0 Å². The molecule has 3 heterocycles. The van der Waals surface area contributed by atoms with Gasteiger partial charge in [0.25, 0.3) is 5.56 Å². The molecule has 0 aliphatic carbocycles. The molecule has 4 rings (SSSR count). The van der Waals surface area contributed by atoms with Crippen LogP contribution in [0.2, 0.25) is 0 Å². The second-order valence-electron chi connectivity index (χ2n) is 4.70. The fourth-order valence-corrected chi connectivity index (χ4v) is 3.21. The van der Waals surface area contributed by atoms with Gasteiger partial charge in [0.05, 0.1) is 27.8 Å². The van der Waals surface area contributed by atoms with Crippen molar-refractivity contribution in [3.63, 3.8) is 0 Å². The highest BCUT2D eigenvalue weighted by atomic mass is 32.1. The monoisotopic (exact) mass is 281 g/mol. The molecule has 0 amide bonds. The Kier molecular flexibility index (Phi) is 2.31. The van der Waals surface area contributed by atoms with E-state index in [0.29, 0.717) is 5.39 Å². The maximum Gasteiger partial charge on any atom is 0.259 e. The maximum absolute atomic E-state index is 12.3. The van der Waals surface area contributed by atoms with Crippen LogP contribution in [0.25, 0.3) is 27.5 Å². The van der Waals surface area contributed by atoms with E-state index in [-0.39, 0.29) is 5.56 Å². The lowest BCUT2D eigenvalue weighted by atomic mass is 10.1. The van der Waals surface area contributed by atoms with Crippen LogP contribution in [0.1, 0.15) is 5.69 Å². The number of hydrogen-bond acceptors (Lipinski definition) is 3. The average molecular weight is 281 g/mol. The highest BCUT2D eigenvalue weighted by Crippen LogP contribution is 2.26. The summed E-state index contributed by atoms with van der Waals surface area (Å²) in [6.45, 7) is 1.87. The van der Waals surface area contributed by atoms with Crippen molar-refractivity contribution in [1.82, 2.24) is 14.8 Å². The molecule has 20 heavy (non-hydrogen) atoms. The van der Waals surface area contributed by atoms with Gasteiger partial charge in [-0.05, 0) is 24.4 Å². The third-order valence-electron chi connectivity index (χ3n) is 3.47. The molecule has 1 aromatic carbocycles. The van der Waals surface area contributed by atoms with Crippen molar-refractivity contribution in [2.45, 2.75) is 6.92 Å². The zero-order valence-corrected chi connectivity index (χ0v) is 11.6. The van der Waals surface area contributed by atoms with Crippen LogP contribution < -0.4 is 5.56 Å². The number of hydrogen-bond donors (Lipinski definition) is 1. The molecule has 0 saturated carbocycles. The number of nitrogens with one attached hydrogen (secondary N) is 1. The van der Waals surface area contributed by atoms with Gasteiger partial charge >= 0.3 is 0 Å². The number of aromatic nitrogens is 3. The molecule has 98 valence electrons. The first-order valence-corrected chi connectivity index (χ1v) is 7.23. The van der Waals surface area contributed by atoms with Crippen LogP contribution in [0.5, 0.6) is 0 Å². The van der Waals surface area contributed by atoms with Gasteiger partial charge in [0.15, 0.2) is 0 Å². The summed E-state index contributed by atoms with van der Waals surface area (Å²) < 4.78 is 1.86. The van der Waals surface area contributed by atoms with E-state index in [1.807, 2.05) is 52.7 Å². The largest absolute Gasteiger partial charge is 0.321 e. The second-order valence-corrected chi connectivity index (χ2v) is 5.48. The van der Waals surface area contributed by atoms with Gasteiger partial charge in [-0.15, -0.1) is 0 Å². The summed E-state index contributed by atoms with van der Waals surface area (Å²) in [5.74, 6) is 0. The molecule has 5 heteroatoms. The third-order valence-corrected chi connectivity index (χ3v) is 4.14. The zero-order chi connectivity index (χ0) is 13.7. The van der Waals surface area contributed by atoms with Crippen LogP contribution in [-0.4, -0.2) is 14.8 Å². The Morgan fingerprint density at radius 1 is 1.25 bits per heavy atom. The van der Waals surface area contributed by atoms with Crippen molar-refractivity contribution >= 4 is 33.1 Å². The van der Waals surface area contributed by atoms with E-state index in [4.69, 9.17) is 0 Å². The molecule has 0 unspecified atom stereocenters. The summed E-state index contributed by atoms with van der Waals surface area (Å²) >= 11 is 1.62. The predicted molar refractivity (Wildman–Crippen MR) is 81.8 cm³/mol. The van der Waals surface area contributed by atoms with Gasteiger partial charge in [-0.2, -0.15) is 16.4 Å². The Hall–Kier alpha value is -2.40. The fraction of sp³-hybridized carbons (Fsp3) is 0.0667. The van der Waals surface area contributed by atoms with E-state index in [2.05, 4.69) is 10.1 Å². The fourth-order valence-electron chi connectivity index (χ4n) is 2.60. The lowest BCUT2D eigenvalue weighted by molar-refractivity contribution is 0.895. The number of para-hydroxylation sites is 1. The zero-order valence-electron chi connectivity index (χ0n) is 10.8. The molecule has 0 radical (unpaired) electrons. The number of thiophene rings is 1. The lowest BCUT2D eigenvalue weighted by Gasteiger charge is -2.03. The van der Waals surface area contributed by atoms with Gasteiger partial charge in [0, 0.05) is 10.8 Å². The van der Waals surface area contributed by atoms with Crippen LogP contribution in [0.4, 0.5) is 0 Å². The van der Waals surface area contributed by atoms with E-state index in [1.165, 1.54) is 0 Å². The normalized spacial score (nSPS) is 11.4. The molecule has 0 aliphatic heterocycles. The third kappa shape index (κ3) is 1.47. The maximum atomic E-state index is 12.3. The standard InChI is InChI=1S/C15H11N3OS/c1-9-13-14(18(17-9)10-6-7-20-8-10)11-4-2-3-5-12(11)16-15(13)19/h2-8H,1H3,(H,16,19). The van der Waals surface area contributed by atoms with E-state index < -0.39 is 0 Å². The molecule has 0 atom stereocenters. The number of pyridine rings is 1. The molecule has 0 spiro atoms. The van der Waals surface area contributed by atoms with Crippen molar-refractivity contribution in [2.75, 3.05) is 0 Å². The Bertz CT molecular complexity index is 980. The van der Waals surface area contributed by atoms with Crippen LogP contribution in [0, 0.1) is 6.92 Å². The number of rotatable bonds is 1. The minimum atomic E-state index is -0.0855. The first-order chi connectivity index (χ1) is 9.75. The number of H-pyrrole nitrogens is 1. The highest BCUT2D eigenvalue weighted by Gasteiger charge is 2.15. The molecule has 0 fully saturated rings. The number of aromatic amines is 1. The van der Waals surface area contributed by atoms with Gasteiger partial charge in [-0.3, -0.25) is 4.79 Å².